The summed E-state index contributed by atoms with van der Waals surface area (Å²) < 4.78 is 6.33. The Hall–Kier alpha value is -0.0800. The highest BCUT2D eigenvalue weighted by molar-refractivity contribution is 4.98. The van der Waals surface area contributed by atoms with Gasteiger partial charge in [-0.3, -0.25) is 0 Å². The molecule has 0 aromatic rings. The van der Waals surface area contributed by atoms with Gasteiger partial charge in [-0.05, 0) is 45.1 Å². The van der Waals surface area contributed by atoms with Gasteiger partial charge in [-0.25, -0.2) is 0 Å². The first-order valence-corrected chi connectivity index (χ1v) is 9.18. The molecule has 20 heavy (non-hydrogen) atoms. The van der Waals surface area contributed by atoms with E-state index in [0.29, 0.717) is 6.04 Å². The lowest BCUT2D eigenvalue weighted by Crippen LogP contribution is -2.52. The number of ether oxygens (including phenoxy) is 1. The Morgan fingerprint density at radius 1 is 1.05 bits per heavy atom. The van der Waals surface area contributed by atoms with Crippen LogP contribution >= 0.6 is 0 Å². The van der Waals surface area contributed by atoms with Crippen LogP contribution < -0.4 is 5.32 Å². The first-order chi connectivity index (χ1) is 9.80. The predicted molar refractivity (Wildman–Crippen MR) is 86.1 cm³/mol. The largest absolute Gasteiger partial charge is 0.374 e. The molecule has 2 fully saturated rings. The van der Waals surface area contributed by atoms with E-state index in [9.17, 15) is 0 Å². The van der Waals surface area contributed by atoms with Gasteiger partial charge in [-0.1, -0.05) is 51.9 Å². The maximum atomic E-state index is 6.33. The van der Waals surface area contributed by atoms with Crippen molar-refractivity contribution < 1.29 is 4.74 Å². The van der Waals surface area contributed by atoms with Gasteiger partial charge >= 0.3 is 0 Å². The minimum Gasteiger partial charge on any atom is -0.374 e. The zero-order valence-corrected chi connectivity index (χ0v) is 13.8. The molecule has 1 atom stereocenters. The van der Waals surface area contributed by atoms with Crippen molar-refractivity contribution >= 4 is 0 Å². The quantitative estimate of drug-likeness (QED) is 0.698. The van der Waals surface area contributed by atoms with Crippen LogP contribution in [0.3, 0.4) is 0 Å². The molecular weight excluding hydrogens is 246 g/mol. The normalized spacial score (nSPS) is 24.9. The second-order valence-corrected chi connectivity index (χ2v) is 6.95. The van der Waals surface area contributed by atoms with Crippen LogP contribution in [0.15, 0.2) is 0 Å². The van der Waals surface area contributed by atoms with Crippen molar-refractivity contribution in [1.82, 2.24) is 5.32 Å². The second kappa shape index (κ2) is 8.38. The fraction of sp³-hybridized carbons (Fsp3) is 1.00. The van der Waals surface area contributed by atoms with Crippen LogP contribution in [-0.4, -0.2) is 24.8 Å². The predicted octanol–water partition coefficient (Wildman–Crippen LogP) is 4.67. The molecule has 1 N–H and O–H groups in total. The Morgan fingerprint density at radius 3 is 2.35 bits per heavy atom. The van der Waals surface area contributed by atoms with Crippen molar-refractivity contribution in [2.45, 2.75) is 96.1 Å². The Balaban J connectivity index is 1.99. The van der Waals surface area contributed by atoms with E-state index in [2.05, 4.69) is 19.2 Å². The first kappa shape index (κ1) is 16.3. The van der Waals surface area contributed by atoms with E-state index in [1.54, 1.807) is 0 Å². The smallest absolute Gasteiger partial charge is 0.0834 e. The van der Waals surface area contributed by atoms with Gasteiger partial charge in [0.05, 0.1) is 5.60 Å². The molecule has 0 amide bonds. The van der Waals surface area contributed by atoms with Gasteiger partial charge < -0.3 is 10.1 Å². The maximum Gasteiger partial charge on any atom is 0.0834 e. The van der Waals surface area contributed by atoms with Gasteiger partial charge in [0.15, 0.2) is 0 Å². The van der Waals surface area contributed by atoms with Crippen molar-refractivity contribution in [3.8, 4) is 0 Å². The standard InChI is InChI=1S/C18H35NO/c1-3-14-19-17(15-16-10-6-5-7-11-16)18(20-4-2)12-8-9-13-18/h16-17,19H,3-15H2,1-2H3. The molecule has 2 aliphatic rings. The van der Waals surface area contributed by atoms with Gasteiger partial charge in [0, 0.05) is 12.6 Å². The Bertz CT molecular complexity index is 254. The summed E-state index contributed by atoms with van der Waals surface area (Å²) in [6.45, 7) is 6.45. The summed E-state index contributed by atoms with van der Waals surface area (Å²) in [6.07, 6.45) is 15.1. The molecular formula is C18H35NO. The van der Waals surface area contributed by atoms with Crippen LogP contribution in [0.4, 0.5) is 0 Å². The third-order valence-corrected chi connectivity index (χ3v) is 5.45. The SMILES string of the molecule is CCCNC(CC1CCCCC1)C1(OCC)CCCC1. The second-order valence-electron chi connectivity index (χ2n) is 6.95. The molecule has 0 aliphatic heterocycles. The van der Waals surface area contributed by atoms with Gasteiger partial charge in [-0.2, -0.15) is 0 Å². The van der Waals surface area contributed by atoms with Crippen molar-refractivity contribution in [3.63, 3.8) is 0 Å². The zero-order chi connectivity index (χ0) is 14.3. The monoisotopic (exact) mass is 281 g/mol. The van der Waals surface area contributed by atoms with Crippen LogP contribution in [0, 0.1) is 5.92 Å². The zero-order valence-electron chi connectivity index (χ0n) is 13.8. The fourth-order valence-electron chi connectivity index (χ4n) is 4.41. The Kier molecular flexibility index (Phi) is 6.83. The van der Waals surface area contributed by atoms with E-state index >= 15 is 0 Å². The molecule has 2 saturated carbocycles. The van der Waals surface area contributed by atoms with Crippen LogP contribution in [0.5, 0.6) is 0 Å². The highest BCUT2D eigenvalue weighted by atomic mass is 16.5. The highest BCUT2D eigenvalue weighted by Gasteiger charge is 2.42. The molecule has 1 unspecified atom stereocenters. The van der Waals surface area contributed by atoms with Gasteiger partial charge in [0.25, 0.3) is 0 Å². The number of nitrogens with one attached hydrogen (secondary N) is 1. The van der Waals surface area contributed by atoms with Gasteiger partial charge in [0.2, 0.25) is 0 Å². The lowest BCUT2D eigenvalue weighted by Gasteiger charge is -2.40. The molecule has 0 radical (unpaired) electrons. The minimum atomic E-state index is 0.154. The highest BCUT2D eigenvalue weighted by Crippen LogP contribution is 2.40. The van der Waals surface area contributed by atoms with Crippen LogP contribution in [-0.2, 0) is 4.74 Å². The number of rotatable bonds is 8. The summed E-state index contributed by atoms with van der Waals surface area (Å²) in [7, 11) is 0. The lowest BCUT2D eigenvalue weighted by molar-refractivity contribution is -0.0673. The molecule has 2 nitrogen and oxygen atoms in total. The average Bonchev–Trinajstić information content (AvgIpc) is 2.94. The molecule has 0 bridgehead atoms. The van der Waals surface area contributed by atoms with E-state index in [4.69, 9.17) is 4.74 Å². The van der Waals surface area contributed by atoms with Crippen molar-refractivity contribution in [2.24, 2.45) is 5.92 Å². The van der Waals surface area contributed by atoms with E-state index in [1.807, 2.05) is 0 Å². The summed E-state index contributed by atoms with van der Waals surface area (Å²) in [5, 5.41) is 3.86. The molecule has 2 aliphatic carbocycles. The minimum absolute atomic E-state index is 0.154. The molecule has 0 aromatic heterocycles. The summed E-state index contributed by atoms with van der Waals surface area (Å²) in [5.74, 6) is 0.941. The molecule has 2 rings (SSSR count). The maximum absolute atomic E-state index is 6.33. The third-order valence-electron chi connectivity index (χ3n) is 5.45. The Labute approximate surface area is 126 Å². The van der Waals surface area contributed by atoms with E-state index in [0.717, 1.165) is 19.1 Å². The Morgan fingerprint density at radius 2 is 1.75 bits per heavy atom. The van der Waals surface area contributed by atoms with Gasteiger partial charge in [-0.15, -0.1) is 0 Å². The summed E-state index contributed by atoms with van der Waals surface area (Å²) in [4.78, 5) is 0. The van der Waals surface area contributed by atoms with Crippen molar-refractivity contribution in [3.05, 3.63) is 0 Å². The van der Waals surface area contributed by atoms with E-state index in [-0.39, 0.29) is 5.60 Å². The summed E-state index contributed by atoms with van der Waals surface area (Å²) in [6, 6.07) is 0.591. The van der Waals surface area contributed by atoms with Gasteiger partial charge in [0.1, 0.15) is 0 Å². The first-order valence-electron chi connectivity index (χ1n) is 9.18. The van der Waals surface area contributed by atoms with Crippen LogP contribution in [0.1, 0.15) is 84.5 Å². The molecule has 2 heteroatoms. The van der Waals surface area contributed by atoms with Crippen molar-refractivity contribution in [1.29, 1.82) is 0 Å². The number of hydrogen-bond donors (Lipinski definition) is 1. The van der Waals surface area contributed by atoms with E-state index < -0.39 is 0 Å². The topological polar surface area (TPSA) is 21.3 Å². The van der Waals surface area contributed by atoms with Crippen LogP contribution in [0.2, 0.25) is 0 Å². The van der Waals surface area contributed by atoms with Crippen molar-refractivity contribution in [2.75, 3.05) is 13.2 Å². The fourth-order valence-corrected chi connectivity index (χ4v) is 4.41. The molecule has 118 valence electrons. The number of hydrogen-bond acceptors (Lipinski definition) is 2. The summed E-state index contributed by atoms with van der Waals surface area (Å²) in [5.41, 5.74) is 0.154. The summed E-state index contributed by atoms with van der Waals surface area (Å²) >= 11 is 0. The lowest BCUT2D eigenvalue weighted by atomic mass is 9.79. The van der Waals surface area contributed by atoms with Crippen LogP contribution in [0.25, 0.3) is 0 Å². The van der Waals surface area contributed by atoms with E-state index in [1.165, 1.54) is 70.6 Å². The molecule has 0 aromatic carbocycles. The molecule has 0 spiro atoms. The average molecular weight is 281 g/mol. The molecule has 0 saturated heterocycles. The molecule has 0 heterocycles. The third kappa shape index (κ3) is 4.21.